The molecule has 1 atom stereocenters. The maximum Gasteiger partial charge on any atom is 0.119 e. The van der Waals surface area contributed by atoms with Crippen molar-refractivity contribution in [3.63, 3.8) is 0 Å². The Morgan fingerprint density at radius 2 is 1.83 bits per heavy atom. The summed E-state index contributed by atoms with van der Waals surface area (Å²) in [5, 5.41) is 0. The van der Waals surface area contributed by atoms with Gasteiger partial charge in [0.15, 0.2) is 0 Å². The molecule has 0 fully saturated rings. The Kier molecular flexibility index (Phi) is 6.16. The van der Waals surface area contributed by atoms with Gasteiger partial charge in [-0.1, -0.05) is 19.1 Å². The molecule has 18 heavy (non-hydrogen) atoms. The van der Waals surface area contributed by atoms with Crippen molar-refractivity contribution < 1.29 is 4.74 Å². The fourth-order valence-electron chi connectivity index (χ4n) is 2.12. The third kappa shape index (κ3) is 4.31. The van der Waals surface area contributed by atoms with Crippen LogP contribution in [0.3, 0.4) is 0 Å². The van der Waals surface area contributed by atoms with E-state index < -0.39 is 0 Å². The van der Waals surface area contributed by atoms with Crippen molar-refractivity contribution in [2.45, 2.75) is 39.3 Å². The average molecular weight is 250 g/mol. The van der Waals surface area contributed by atoms with Crippen LogP contribution < -0.4 is 10.5 Å². The molecule has 1 aromatic carbocycles. The predicted octanol–water partition coefficient (Wildman–Crippen LogP) is 2.82. The predicted molar refractivity (Wildman–Crippen MR) is 76.9 cm³/mol. The molecule has 0 bridgehead atoms. The van der Waals surface area contributed by atoms with E-state index in [1.54, 1.807) is 0 Å². The maximum atomic E-state index is 5.88. The van der Waals surface area contributed by atoms with E-state index >= 15 is 0 Å². The molecule has 0 aliphatic heterocycles. The number of nitrogens with zero attached hydrogens (tertiary/aromatic N) is 1. The zero-order valence-electron chi connectivity index (χ0n) is 12.0. The first kappa shape index (κ1) is 15.0. The van der Waals surface area contributed by atoms with Gasteiger partial charge in [-0.05, 0) is 51.6 Å². The normalized spacial score (nSPS) is 13.1. The van der Waals surface area contributed by atoms with Crippen LogP contribution in [0.2, 0.25) is 0 Å². The second kappa shape index (κ2) is 7.39. The molecule has 0 saturated heterocycles. The second-order valence-electron chi connectivity index (χ2n) is 4.97. The van der Waals surface area contributed by atoms with Crippen molar-refractivity contribution in [1.29, 1.82) is 0 Å². The summed E-state index contributed by atoms with van der Waals surface area (Å²) >= 11 is 0. The van der Waals surface area contributed by atoms with Gasteiger partial charge in [0.05, 0.1) is 6.10 Å². The van der Waals surface area contributed by atoms with E-state index in [4.69, 9.17) is 10.5 Å². The van der Waals surface area contributed by atoms with Crippen LogP contribution in [0.5, 0.6) is 5.75 Å². The highest BCUT2D eigenvalue weighted by atomic mass is 16.5. The molecular weight excluding hydrogens is 224 g/mol. The van der Waals surface area contributed by atoms with Crippen molar-refractivity contribution >= 4 is 0 Å². The van der Waals surface area contributed by atoms with Gasteiger partial charge in [0.25, 0.3) is 0 Å². The van der Waals surface area contributed by atoms with E-state index in [0.29, 0.717) is 6.54 Å². The minimum atomic E-state index is 0.212. The molecule has 0 saturated carbocycles. The molecule has 0 spiro atoms. The number of hydrogen-bond acceptors (Lipinski definition) is 3. The molecule has 1 aromatic rings. The Balaban J connectivity index is 2.75. The highest BCUT2D eigenvalue weighted by molar-refractivity contribution is 5.29. The van der Waals surface area contributed by atoms with Crippen LogP contribution in [0.25, 0.3) is 0 Å². The van der Waals surface area contributed by atoms with Crippen molar-refractivity contribution in [2.75, 3.05) is 20.1 Å². The average Bonchev–Trinajstić information content (AvgIpc) is 2.32. The zero-order chi connectivity index (χ0) is 13.5. The molecule has 3 heteroatoms. The number of hydrogen-bond donors (Lipinski definition) is 1. The highest BCUT2D eigenvalue weighted by Gasteiger charge is 2.14. The first-order chi connectivity index (χ1) is 8.58. The van der Waals surface area contributed by atoms with Crippen LogP contribution in [0, 0.1) is 0 Å². The molecule has 3 nitrogen and oxygen atoms in total. The highest BCUT2D eigenvalue weighted by Crippen LogP contribution is 2.22. The molecule has 0 aromatic heterocycles. The van der Waals surface area contributed by atoms with Gasteiger partial charge in [-0.15, -0.1) is 0 Å². The van der Waals surface area contributed by atoms with Crippen LogP contribution in [0.1, 0.15) is 38.8 Å². The van der Waals surface area contributed by atoms with E-state index in [2.05, 4.69) is 31.0 Å². The standard InChI is InChI=1S/C15H26N2O/c1-5-10-17(4)15(11-16)13-6-8-14(9-7-13)18-12(2)3/h6-9,12,15H,5,10-11,16H2,1-4H3. The Morgan fingerprint density at radius 3 is 2.28 bits per heavy atom. The fraction of sp³-hybridized carbons (Fsp3) is 0.600. The number of likely N-dealkylation sites (N-methyl/N-ethyl adjacent to an activating group) is 1. The molecule has 1 unspecified atom stereocenters. The molecule has 0 radical (unpaired) electrons. The van der Waals surface area contributed by atoms with Gasteiger partial charge in [0.1, 0.15) is 5.75 Å². The van der Waals surface area contributed by atoms with Crippen LogP contribution in [-0.2, 0) is 0 Å². The molecule has 0 heterocycles. The van der Waals surface area contributed by atoms with Gasteiger partial charge in [-0.25, -0.2) is 0 Å². The third-order valence-corrected chi connectivity index (χ3v) is 2.97. The smallest absolute Gasteiger partial charge is 0.119 e. The lowest BCUT2D eigenvalue weighted by Gasteiger charge is -2.27. The zero-order valence-corrected chi connectivity index (χ0v) is 12.0. The molecule has 1 rings (SSSR count). The number of benzene rings is 1. The van der Waals surface area contributed by atoms with Gasteiger partial charge < -0.3 is 10.5 Å². The van der Waals surface area contributed by atoms with E-state index in [-0.39, 0.29) is 12.1 Å². The monoisotopic (exact) mass is 250 g/mol. The SMILES string of the molecule is CCCN(C)C(CN)c1ccc(OC(C)C)cc1. The molecule has 0 aliphatic carbocycles. The van der Waals surface area contributed by atoms with Gasteiger partial charge in [0, 0.05) is 12.6 Å². The fourth-order valence-corrected chi connectivity index (χ4v) is 2.12. The number of ether oxygens (including phenoxy) is 1. The topological polar surface area (TPSA) is 38.5 Å². The molecule has 0 amide bonds. The lowest BCUT2D eigenvalue weighted by molar-refractivity contribution is 0.240. The summed E-state index contributed by atoms with van der Waals surface area (Å²) in [5.74, 6) is 0.919. The van der Waals surface area contributed by atoms with Gasteiger partial charge >= 0.3 is 0 Å². The van der Waals surface area contributed by atoms with Crippen LogP contribution in [0.15, 0.2) is 24.3 Å². The largest absolute Gasteiger partial charge is 0.491 e. The Labute approximate surface area is 111 Å². The summed E-state index contributed by atoms with van der Waals surface area (Å²) in [6.45, 7) is 7.95. The first-order valence-electron chi connectivity index (χ1n) is 6.75. The van der Waals surface area contributed by atoms with Gasteiger partial charge in [-0.2, -0.15) is 0 Å². The Hall–Kier alpha value is -1.06. The van der Waals surface area contributed by atoms with Crippen molar-refractivity contribution in [1.82, 2.24) is 4.90 Å². The summed E-state index contributed by atoms with van der Waals surface area (Å²) in [6, 6.07) is 8.57. The van der Waals surface area contributed by atoms with E-state index in [0.717, 1.165) is 18.7 Å². The summed E-state index contributed by atoms with van der Waals surface area (Å²) < 4.78 is 5.65. The number of nitrogens with two attached hydrogens (primary N) is 1. The molecule has 0 aliphatic rings. The quantitative estimate of drug-likeness (QED) is 0.808. The lowest BCUT2D eigenvalue weighted by Crippen LogP contribution is -2.31. The first-order valence-corrected chi connectivity index (χ1v) is 6.75. The van der Waals surface area contributed by atoms with Crippen molar-refractivity contribution in [2.24, 2.45) is 5.73 Å². The third-order valence-electron chi connectivity index (χ3n) is 2.97. The minimum Gasteiger partial charge on any atom is -0.491 e. The molecule has 2 N–H and O–H groups in total. The van der Waals surface area contributed by atoms with E-state index in [1.165, 1.54) is 5.56 Å². The van der Waals surface area contributed by atoms with E-state index in [9.17, 15) is 0 Å². The maximum absolute atomic E-state index is 5.88. The summed E-state index contributed by atoms with van der Waals surface area (Å²) in [5.41, 5.74) is 7.14. The second-order valence-corrected chi connectivity index (χ2v) is 4.97. The van der Waals surface area contributed by atoms with Crippen LogP contribution in [0.4, 0.5) is 0 Å². The minimum absolute atomic E-state index is 0.212. The van der Waals surface area contributed by atoms with Crippen molar-refractivity contribution in [3.05, 3.63) is 29.8 Å². The van der Waals surface area contributed by atoms with Crippen LogP contribution >= 0.6 is 0 Å². The van der Waals surface area contributed by atoms with Gasteiger partial charge in [0.2, 0.25) is 0 Å². The van der Waals surface area contributed by atoms with Gasteiger partial charge in [-0.3, -0.25) is 4.90 Å². The van der Waals surface area contributed by atoms with Crippen LogP contribution in [-0.4, -0.2) is 31.1 Å². The number of rotatable bonds is 7. The summed E-state index contributed by atoms with van der Waals surface area (Å²) in [6.07, 6.45) is 1.35. The molecular formula is C15H26N2O. The van der Waals surface area contributed by atoms with E-state index in [1.807, 2.05) is 26.0 Å². The lowest BCUT2D eigenvalue weighted by atomic mass is 10.1. The Morgan fingerprint density at radius 1 is 1.22 bits per heavy atom. The molecule has 102 valence electrons. The summed E-state index contributed by atoms with van der Waals surface area (Å²) in [4.78, 5) is 2.30. The summed E-state index contributed by atoms with van der Waals surface area (Å²) in [7, 11) is 2.12. The van der Waals surface area contributed by atoms with Crippen molar-refractivity contribution in [3.8, 4) is 5.75 Å². The Bertz CT molecular complexity index is 335.